The molecule has 6 heteroatoms. The van der Waals surface area contributed by atoms with Gasteiger partial charge >= 0.3 is 0 Å². The van der Waals surface area contributed by atoms with Crippen LogP contribution in [-0.4, -0.2) is 42.7 Å². The first-order valence-corrected chi connectivity index (χ1v) is 9.20. The molecule has 0 aromatic heterocycles. The van der Waals surface area contributed by atoms with Crippen LogP contribution in [0.25, 0.3) is 0 Å². The van der Waals surface area contributed by atoms with Gasteiger partial charge in [0.2, 0.25) is 0 Å². The number of anilines is 1. The summed E-state index contributed by atoms with van der Waals surface area (Å²) in [6, 6.07) is 17.6. The Kier molecular flexibility index (Phi) is 8.87. The molecule has 0 aliphatic carbocycles. The quantitative estimate of drug-likeness (QED) is 0.380. The monoisotopic (exact) mass is 481 g/mol. The maximum Gasteiger partial charge on any atom is 0.198 e. The second-order valence-corrected chi connectivity index (χ2v) is 6.50. The fourth-order valence-electron chi connectivity index (χ4n) is 3.10. The van der Waals surface area contributed by atoms with E-state index in [1.165, 1.54) is 19.3 Å². The third-order valence-electron chi connectivity index (χ3n) is 4.58. The molecule has 1 unspecified atom stereocenters. The lowest BCUT2D eigenvalue weighted by molar-refractivity contribution is 0.186. The average Bonchev–Trinajstić information content (AvgIpc) is 2.72. The normalized spacial score (nSPS) is 15.6. The zero-order chi connectivity index (χ0) is 18.2. The summed E-state index contributed by atoms with van der Waals surface area (Å²) in [6.45, 7) is 2.29. The third-order valence-corrected chi connectivity index (χ3v) is 4.58. The van der Waals surface area contributed by atoms with Crippen molar-refractivity contribution in [2.24, 2.45) is 4.99 Å². The van der Waals surface area contributed by atoms with E-state index in [4.69, 9.17) is 9.73 Å². The lowest BCUT2D eigenvalue weighted by Gasteiger charge is -2.30. The van der Waals surface area contributed by atoms with Gasteiger partial charge in [0.05, 0.1) is 19.8 Å². The van der Waals surface area contributed by atoms with Crippen molar-refractivity contribution in [3.05, 3.63) is 60.2 Å². The number of likely N-dealkylation sites (tertiary alicyclic amines) is 1. The number of nitrogens with zero attached hydrogens (tertiary/aromatic N) is 2. The second-order valence-electron chi connectivity index (χ2n) is 6.50. The molecule has 5 nitrogen and oxygen atoms in total. The minimum absolute atomic E-state index is 0. The molecule has 0 radical (unpaired) electrons. The van der Waals surface area contributed by atoms with Crippen molar-refractivity contribution >= 4 is 35.6 Å². The summed E-state index contributed by atoms with van der Waals surface area (Å²) >= 11 is 0. The highest BCUT2D eigenvalue weighted by molar-refractivity contribution is 14.0. The Morgan fingerprint density at radius 2 is 1.85 bits per heavy atom. The predicted molar refractivity (Wildman–Crippen MR) is 121 cm³/mol. The zero-order valence-corrected chi connectivity index (χ0v) is 18.0. The molecular formula is C21H28IN3O2. The van der Waals surface area contributed by atoms with Crippen molar-refractivity contribution in [3.63, 3.8) is 0 Å². The van der Waals surface area contributed by atoms with Gasteiger partial charge in [-0.1, -0.05) is 30.3 Å². The van der Waals surface area contributed by atoms with Crippen LogP contribution in [-0.2, 0) is 0 Å². The van der Waals surface area contributed by atoms with Crippen LogP contribution in [0.5, 0.6) is 5.75 Å². The van der Waals surface area contributed by atoms with Crippen LogP contribution < -0.4 is 10.1 Å². The van der Waals surface area contributed by atoms with E-state index in [2.05, 4.69) is 10.2 Å². The van der Waals surface area contributed by atoms with E-state index in [9.17, 15) is 5.11 Å². The Balaban J connectivity index is 0.00000261. The third kappa shape index (κ3) is 6.39. The van der Waals surface area contributed by atoms with Crippen LogP contribution in [0.1, 0.15) is 30.9 Å². The number of rotatable bonds is 5. The van der Waals surface area contributed by atoms with Crippen LogP contribution in [0.2, 0.25) is 0 Å². The summed E-state index contributed by atoms with van der Waals surface area (Å²) in [5.41, 5.74) is 1.82. The highest BCUT2D eigenvalue weighted by atomic mass is 127. The molecule has 1 atom stereocenters. The molecule has 0 bridgehead atoms. The Morgan fingerprint density at radius 1 is 1.11 bits per heavy atom. The van der Waals surface area contributed by atoms with Gasteiger partial charge in [-0.3, -0.25) is 0 Å². The number of guanidine groups is 1. The van der Waals surface area contributed by atoms with Gasteiger partial charge in [-0.05, 0) is 49.1 Å². The molecule has 1 fully saturated rings. The number of hydrogen-bond donors (Lipinski definition) is 2. The molecule has 27 heavy (non-hydrogen) atoms. The molecule has 0 amide bonds. The number of benzene rings is 2. The number of nitrogens with one attached hydrogen (secondary N) is 1. The number of piperidine rings is 1. The predicted octanol–water partition coefficient (Wildman–Crippen LogP) is 4.30. The van der Waals surface area contributed by atoms with Crippen molar-refractivity contribution in [1.82, 2.24) is 4.90 Å². The van der Waals surface area contributed by atoms with Crippen LogP contribution in [0, 0.1) is 0 Å². The maximum absolute atomic E-state index is 10.5. The lowest BCUT2D eigenvalue weighted by atomic mass is 10.1. The molecule has 1 saturated heterocycles. The highest BCUT2D eigenvalue weighted by Gasteiger charge is 2.16. The summed E-state index contributed by atoms with van der Waals surface area (Å²) in [4.78, 5) is 6.99. The molecular weight excluding hydrogens is 453 g/mol. The maximum atomic E-state index is 10.5. The van der Waals surface area contributed by atoms with Crippen LogP contribution >= 0.6 is 24.0 Å². The lowest BCUT2D eigenvalue weighted by Crippen LogP contribution is -2.40. The summed E-state index contributed by atoms with van der Waals surface area (Å²) in [7, 11) is 1.63. The number of aliphatic imine (C=N–C) groups is 1. The van der Waals surface area contributed by atoms with Gasteiger partial charge in [-0.2, -0.15) is 0 Å². The number of methoxy groups -OCH3 is 1. The summed E-state index contributed by atoms with van der Waals surface area (Å²) in [5, 5.41) is 14.0. The van der Waals surface area contributed by atoms with Gasteiger partial charge in [0, 0.05) is 18.8 Å². The smallest absolute Gasteiger partial charge is 0.198 e. The summed E-state index contributed by atoms with van der Waals surface area (Å²) < 4.78 is 5.24. The average molecular weight is 481 g/mol. The Labute approximate surface area is 178 Å². The molecule has 0 spiro atoms. The van der Waals surface area contributed by atoms with E-state index in [0.717, 1.165) is 36.0 Å². The van der Waals surface area contributed by atoms with Crippen molar-refractivity contribution in [1.29, 1.82) is 0 Å². The minimum atomic E-state index is -0.664. The first-order chi connectivity index (χ1) is 12.8. The SMILES string of the molecule is COc1cccc(C(O)CN=C(Nc2ccccc2)N2CCCCC2)c1.I. The van der Waals surface area contributed by atoms with Gasteiger partial charge in [-0.25, -0.2) is 4.99 Å². The molecule has 0 saturated carbocycles. The van der Waals surface area contributed by atoms with Gasteiger partial charge in [0.1, 0.15) is 5.75 Å². The first kappa shape index (κ1) is 21.5. The van der Waals surface area contributed by atoms with Gasteiger partial charge in [0.25, 0.3) is 0 Å². The molecule has 146 valence electrons. The molecule has 1 aliphatic heterocycles. The number of aliphatic hydroxyl groups excluding tert-OH is 1. The Bertz CT molecular complexity index is 718. The number of aliphatic hydroxyl groups is 1. The Morgan fingerprint density at radius 3 is 2.56 bits per heavy atom. The van der Waals surface area contributed by atoms with E-state index >= 15 is 0 Å². The fraction of sp³-hybridized carbons (Fsp3) is 0.381. The Hall–Kier alpha value is -1.80. The number of ether oxygens (including phenoxy) is 1. The van der Waals surface area contributed by atoms with Crippen molar-refractivity contribution in [2.75, 3.05) is 32.1 Å². The minimum Gasteiger partial charge on any atom is -0.497 e. The van der Waals surface area contributed by atoms with E-state index in [-0.39, 0.29) is 24.0 Å². The molecule has 3 rings (SSSR count). The number of hydrogen-bond acceptors (Lipinski definition) is 3. The van der Waals surface area contributed by atoms with Crippen LogP contribution in [0.3, 0.4) is 0 Å². The van der Waals surface area contributed by atoms with Crippen molar-refractivity contribution in [2.45, 2.75) is 25.4 Å². The number of halogens is 1. The van der Waals surface area contributed by atoms with Crippen molar-refractivity contribution in [3.8, 4) is 5.75 Å². The van der Waals surface area contributed by atoms with Crippen molar-refractivity contribution < 1.29 is 9.84 Å². The second kappa shape index (κ2) is 11.1. The highest BCUT2D eigenvalue weighted by Crippen LogP contribution is 2.20. The fourth-order valence-corrected chi connectivity index (χ4v) is 3.10. The summed E-state index contributed by atoms with van der Waals surface area (Å²) in [5.74, 6) is 1.57. The first-order valence-electron chi connectivity index (χ1n) is 9.20. The largest absolute Gasteiger partial charge is 0.497 e. The topological polar surface area (TPSA) is 57.1 Å². The summed E-state index contributed by atoms with van der Waals surface area (Å²) in [6.07, 6.45) is 2.95. The molecule has 1 heterocycles. The van der Waals surface area contributed by atoms with Gasteiger partial charge < -0.3 is 20.1 Å². The molecule has 2 aromatic rings. The zero-order valence-electron chi connectivity index (χ0n) is 15.7. The van der Waals surface area contributed by atoms with E-state index in [1.807, 2.05) is 54.6 Å². The van der Waals surface area contributed by atoms with Gasteiger partial charge in [0.15, 0.2) is 5.96 Å². The van der Waals surface area contributed by atoms with E-state index in [0.29, 0.717) is 6.54 Å². The van der Waals surface area contributed by atoms with Crippen LogP contribution in [0.4, 0.5) is 5.69 Å². The van der Waals surface area contributed by atoms with E-state index in [1.54, 1.807) is 7.11 Å². The standard InChI is InChI=1S/C21H27N3O2.HI/c1-26-19-12-8-9-17(15-19)20(25)16-22-21(24-13-6-3-7-14-24)23-18-10-4-2-5-11-18;/h2,4-5,8-12,15,20,25H,3,6-7,13-14,16H2,1H3,(H,22,23);1H. The van der Waals surface area contributed by atoms with Gasteiger partial charge in [-0.15, -0.1) is 24.0 Å². The van der Waals surface area contributed by atoms with E-state index < -0.39 is 6.10 Å². The molecule has 1 aliphatic rings. The molecule has 2 aromatic carbocycles. The molecule has 2 N–H and O–H groups in total. The number of para-hydroxylation sites is 1. The van der Waals surface area contributed by atoms with Crippen LogP contribution in [0.15, 0.2) is 59.6 Å².